The van der Waals surface area contributed by atoms with E-state index in [1.165, 1.54) is 25.0 Å². The van der Waals surface area contributed by atoms with Crippen LogP contribution in [0.25, 0.3) is 0 Å². The Labute approximate surface area is 222 Å². The van der Waals surface area contributed by atoms with Crippen molar-refractivity contribution in [1.29, 1.82) is 5.41 Å². The highest BCUT2D eigenvalue weighted by atomic mass is 79.9. The second-order valence-corrected chi connectivity index (χ2v) is 10.2. The molecule has 6 nitrogen and oxygen atoms in total. The number of aryl methyl sites for hydroxylation is 1. The number of hydrogen-bond donors (Lipinski definition) is 3. The molecule has 0 spiro atoms. The molecule has 2 aromatic rings. The summed E-state index contributed by atoms with van der Waals surface area (Å²) in [5.74, 6) is 0.251. The van der Waals surface area contributed by atoms with Gasteiger partial charge in [-0.3, -0.25) is 15.5 Å². The minimum atomic E-state index is -0.478. The van der Waals surface area contributed by atoms with Crippen LogP contribution in [-0.2, 0) is 12.8 Å². The number of carbonyl (C=O) groups is 1. The van der Waals surface area contributed by atoms with Gasteiger partial charge in [-0.15, -0.1) is 0 Å². The molecular weight excluding hydrogens is 523 g/mol. The second kappa shape index (κ2) is 13.7. The molecule has 36 heavy (non-hydrogen) atoms. The van der Waals surface area contributed by atoms with E-state index < -0.39 is 11.7 Å². The molecule has 8 heteroatoms. The van der Waals surface area contributed by atoms with Crippen LogP contribution in [0.3, 0.4) is 0 Å². The Morgan fingerprint density at radius 1 is 1.14 bits per heavy atom. The highest BCUT2D eigenvalue weighted by molar-refractivity contribution is 9.10. The molecule has 1 aliphatic carbocycles. The molecule has 0 radical (unpaired) electrons. The minimum Gasteiger partial charge on any atom is -0.496 e. The van der Waals surface area contributed by atoms with E-state index in [2.05, 4.69) is 45.3 Å². The van der Waals surface area contributed by atoms with Crippen LogP contribution >= 0.6 is 15.9 Å². The third-order valence-electron chi connectivity index (χ3n) is 7.20. The molecule has 196 valence electrons. The molecule has 1 fully saturated rings. The Bertz CT molecular complexity index is 1040. The van der Waals surface area contributed by atoms with E-state index in [9.17, 15) is 9.18 Å². The monoisotopic (exact) mass is 560 g/mol. The van der Waals surface area contributed by atoms with Gasteiger partial charge in [0.25, 0.3) is 5.91 Å². The van der Waals surface area contributed by atoms with E-state index in [1.54, 1.807) is 13.2 Å². The first-order chi connectivity index (χ1) is 17.4. The average Bonchev–Trinajstić information content (AvgIpc) is 2.88. The second-order valence-electron chi connectivity index (χ2n) is 9.33. The van der Waals surface area contributed by atoms with Crippen LogP contribution in [0.1, 0.15) is 61.0 Å². The van der Waals surface area contributed by atoms with Gasteiger partial charge in [-0.05, 0) is 93.4 Å². The van der Waals surface area contributed by atoms with Gasteiger partial charge in [-0.25, -0.2) is 4.39 Å². The Balaban J connectivity index is 1.55. The van der Waals surface area contributed by atoms with Crippen molar-refractivity contribution in [3.63, 3.8) is 0 Å². The predicted octanol–water partition coefficient (Wildman–Crippen LogP) is 5.54. The van der Waals surface area contributed by atoms with Gasteiger partial charge in [-0.2, -0.15) is 0 Å². The number of amides is 1. The lowest BCUT2D eigenvalue weighted by atomic mass is 9.85. The lowest BCUT2D eigenvalue weighted by Crippen LogP contribution is -2.44. The molecule has 0 saturated heterocycles. The first kappa shape index (κ1) is 28.1. The van der Waals surface area contributed by atoms with Crippen molar-refractivity contribution in [2.45, 2.75) is 58.4 Å². The van der Waals surface area contributed by atoms with Crippen LogP contribution in [0.4, 0.5) is 4.39 Å². The third kappa shape index (κ3) is 7.53. The maximum absolute atomic E-state index is 14.7. The summed E-state index contributed by atoms with van der Waals surface area (Å²) in [7, 11) is 1.60. The number of guanidine groups is 1. The van der Waals surface area contributed by atoms with E-state index in [-0.39, 0.29) is 11.5 Å². The molecule has 0 aromatic heterocycles. The number of rotatable bonds is 10. The Morgan fingerprint density at radius 2 is 1.86 bits per heavy atom. The van der Waals surface area contributed by atoms with Gasteiger partial charge in [0.1, 0.15) is 11.6 Å². The van der Waals surface area contributed by atoms with Crippen LogP contribution in [0, 0.1) is 17.1 Å². The van der Waals surface area contributed by atoms with E-state index in [1.807, 2.05) is 18.2 Å². The van der Waals surface area contributed by atoms with Crippen molar-refractivity contribution in [1.82, 2.24) is 15.5 Å². The molecule has 0 unspecified atom stereocenters. The molecule has 0 atom stereocenters. The summed E-state index contributed by atoms with van der Waals surface area (Å²) in [6.07, 6.45) is 5.41. The van der Waals surface area contributed by atoms with Crippen molar-refractivity contribution >= 4 is 27.8 Å². The van der Waals surface area contributed by atoms with Gasteiger partial charge in [0.2, 0.25) is 0 Å². The molecule has 3 N–H and O–H groups in total. The van der Waals surface area contributed by atoms with Crippen LogP contribution < -0.4 is 15.4 Å². The molecule has 0 aliphatic heterocycles. The average molecular weight is 562 g/mol. The van der Waals surface area contributed by atoms with Crippen molar-refractivity contribution < 1.29 is 13.9 Å². The Kier molecular flexibility index (Phi) is 10.7. The standard InChI is InChI=1S/C28H38BrFN4O2/c1-4-34(5-2)22-13-9-19(10-14-22)18-32-28(31)33-27(35)24-7-6-8-25(30)23(24)15-11-20-17-21(29)12-16-26(20)36-3/h6-8,12,16-17,19,22H,4-5,9-11,13-15,18H2,1-3H3,(H3,31,32,33,35). The normalized spacial score (nSPS) is 17.6. The van der Waals surface area contributed by atoms with Gasteiger partial charge in [-0.1, -0.05) is 35.8 Å². The lowest BCUT2D eigenvalue weighted by Gasteiger charge is -2.35. The number of ether oxygens (including phenoxy) is 1. The molecular formula is C28H38BrFN4O2. The van der Waals surface area contributed by atoms with E-state index in [0.717, 1.165) is 41.7 Å². The largest absolute Gasteiger partial charge is 0.496 e. The van der Waals surface area contributed by atoms with Crippen LogP contribution in [-0.4, -0.2) is 49.6 Å². The fourth-order valence-corrected chi connectivity index (χ4v) is 5.56. The quantitative estimate of drug-likeness (QED) is 0.263. The SMILES string of the molecule is CCN(CC)C1CCC(CNC(=N)NC(=O)c2cccc(F)c2CCc2cc(Br)ccc2OC)CC1. The Morgan fingerprint density at radius 3 is 2.53 bits per heavy atom. The molecule has 0 bridgehead atoms. The minimum absolute atomic E-state index is 0.0465. The van der Waals surface area contributed by atoms with Gasteiger partial charge in [0.05, 0.1) is 7.11 Å². The van der Waals surface area contributed by atoms with Crippen LogP contribution in [0.5, 0.6) is 5.75 Å². The van der Waals surface area contributed by atoms with Crippen LogP contribution in [0.15, 0.2) is 40.9 Å². The first-order valence-corrected chi connectivity index (χ1v) is 13.6. The van der Waals surface area contributed by atoms with Crippen molar-refractivity contribution in [3.05, 3.63) is 63.4 Å². The van der Waals surface area contributed by atoms with E-state index in [4.69, 9.17) is 10.1 Å². The smallest absolute Gasteiger partial charge is 0.258 e. The summed E-state index contributed by atoms with van der Waals surface area (Å²) in [5.41, 5.74) is 1.50. The van der Waals surface area contributed by atoms with E-state index in [0.29, 0.717) is 36.9 Å². The van der Waals surface area contributed by atoms with Crippen molar-refractivity contribution in [2.75, 3.05) is 26.7 Å². The maximum atomic E-state index is 14.7. The molecule has 1 amide bonds. The number of hydrogen-bond acceptors (Lipinski definition) is 4. The van der Waals surface area contributed by atoms with Gasteiger partial charge >= 0.3 is 0 Å². The zero-order chi connectivity index (χ0) is 26.1. The predicted molar refractivity (Wildman–Crippen MR) is 146 cm³/mol. The van der Waals surface area contributed by atoms with Crippen molar-refractivity contribution in [3.8, 4) is 5.75 Å². The summed E-state index contributed by atoms with van der Waals surface area (Å²) < 4.78 is 21.1. The molecule has 1 aliphatic rings. The zero-order valence-corrected chi connectivity index (χ0v) is 23.1. The lowest BCUT2D eigenvalue weighted by molar-refractivity contribution is 0.0973. The van der Waals surface area contributed by atoms with Gasteiger partial charge in [0.15, 0.2) is 5.96 Å². The number of benzene rings is 2. The number of nitrogens with one attached hydrogen (secondary N) is 3. The summed E-state index contributed by atoms with van der Waals surface area (Å²) in [6, 6.07) is 10.8. The summed E-state index contributed by atoms with van der Waals surface area (Å²) in [5, 5.41) is 13.9. The van der Waals surface area contributed by atoms with E-state index >= 15 is 0 Å². The first-order valence-electron chi connectivity index (χ1n) is 12.8. The number of carbonyl (C=O) groups excluding carboxylic acids is 1. The topological polar surface area (TPSA) is 77.5 Å². The number of halogens is 2. The third-order valence-corrected chi connectivity index (χ3v) is 7.69. The molecule has 3 rings (SSSR count). The highest BCUT2D eigenvalue weighted by Gasteiger charge is 2.24. The fourth-order valence-electron chi connectivity index (χ4n) is 5.15. The van der Waals surface area contributed by atoms with Crippen LogP contribution in [0.2, 0.25) is 0 Å². The molecule has 1 saturated carbocycles. The van der Waals surface area contributed by atoms with Crippen molar-refractivity contribution in [2.24, 2.45) is 5.92 Å². The summed E-state index contributed by atoms with van der Waals surface area (Å²) >= 11 is 3.46. The molecule has 2 aromatic carbocycles. The fraction of sp³-hybridized carbons (Fsp3) is 0.500. The number of nitrogens with zero attached hydrogens (tertiary/aromatic N) is 1. The number of methoxy groups -OCH3 is 1. The highest BCUT2D eigenvalue weighted by Crippen LogP contribution is 2.27. The van der Waals surface area contributed by atoms with Gasteiger partial charge in [0, 0.05) is 28.2 Å². The van der Waals surface area contributed by atoms with Gasteiger partial charge < -0.3 is 15.0 Å². The summed E-state index contributed by atoms with van der Waals surface area (Å²) in [4.78, 5) is 15.5. The Hall–Kier alpha value is -2.45. The summed E-state index contributed by atoms with van der Waals surface area (Å²) in [6.45, 7) is 7.24. The molecule has 0 heterocycles. The zero-order valence-electron chi connectivity index (χ0n) is 21.5. The maximum Gasteiger partial charge on any atom is 0.258 e.